The van der Waals surface area contributed by atoms with Gasteiger partial charge in [0.05, 0.1) is 12.7 Å². The first-order valence-corrected chi connectivity index (χ1v) is 8.28. The van der Waals surface area contributed by atoms with Gasteiger partial charge in [0.2, 0.25) is 0 Å². The highest BCUT2D eigenvalue weighted by atomic mass is 16.5. The lowest BCUT2D eigenvalue weighted by molar-refractivity contribution is -0.154. The van der Waals surface area contributed by atoms with Gasteiger partial charge in [-0.15, -0.1) is 0 Å². The molecule has 0 radical (unpaired) electrons. The SMILES string of the molecule is CCOC(=O)[C@@H]([C@@H](C)O)N(Cc1ccccc1)Cc1ccccc1. The molecule has 0 bridgehead atoms. The number of hydrogen-bond donors (Lipinski definition) is 1. The summed E-state index contributed by atoms with van der Waals surface area (Å²) in [6.07, 6.45) is -0.823. The lowest BCUT2D eigenvalue weighted by atomic mass is 10.1. The Morgan fingerprint density at radius 3 is 1.83 bits per heavy atom. The molecule has 0 aliphatic heterocycles. The van der Waals surface area contributed by atoms with Crippen LogP contribution in [-0.4, -0.2) is 34.7 Å². The maximum absolute atomic E-state index is 12.4. The van der Waals surface area contributed by atoms with Crippen LogP contribution in [0.4, 0.5) is 0 Å². The normalized spacial score (nSPS) is 13.5. The van der Waals surface area contributed by atoms with Gasteiger partial charge in [-0.1, -0.05) is 60.7 Å². The summed E-state index contributed by atoms with van der Waals surface area (Å²) in [6.45, 7) is 4.82. The highest BCUT2D eigenvalue weighted by Crippen LogP contribution is 2.17. The average Bonchev–Trinajstić information content (AvgIpc) is 2.56. The lowest BCUT2D eigenvalue weighted by Crippen LogP contribution is -2.48. The van der Waals surface area contributed by atoms with Crippen molar-refractivity contribution in [1.82, 2.24) is 4.90 Å². The summed E-state index contributed by atoms with van der Waals surface area (Å²) < 4.78 is 5.18. The van der Waals surface area contributed by atoms with Crippen molar-refractivity contribution in [3.63, 3.8) is 0 Å². The summed E-state index contributed by atoms with van der Waals surface area (Å²) in [7, 11) is 0. The molecule has 0 fully saturated rings. The van der Waals surface area contributed by atoms with E-state index in [-0.39, 0.29) is 5.97 Å². The second-order valence-electron chi connectivity index (χ2n) is 5.81. The van der Waals surface area contributed by atoms with Gasteiger partial charge in [-0.3, -0.25) is 9.69 Å². The molecule has 0 spiro atoms. The number of carbonyl (C=O) groups excluding carboxylic acids is 1. The first-order chi connectivity index (χ1) is 11.6. The van der Waals surface area contributed by atoms with Gasteiger partial charge >= 0.3 is 5.97 Å². The van der Waals surface area contributed by atoms with Crippen molar-refractivity contribution in [2.24, 2.45) is 0 Å². The molecule has 2 aromatic carbocycles. The molecule has 2 rings (SSSR count). The van der Waals surface area contributed by atoms with Crippen molar-refractivity contribution in [1.29, 1.82) is 0 Å². The first-order valence-electron chi connectivity index (χ1n) is 8.28. The van der Waals surface area contributed by atoms with Crippen molar-refractivity contribution in [2.45, 2.75) is 39.1 Å². The molecular formula is C20H25NO3. The number of carbonyl (C=O) groups is 1. The Morgan fingerprint density at radius 2 is 1.46 bits per heavy atom. The number of ether oxygens (including phenoxy) is 1. The summed E-state index contributed by atoms with van der Waals surface area (Å²) in [5.74, 6) is -0.389. The Balaban J connectivity index is 2.27. The van der Waals surface area contributed by atoms with E-state index in [1.807, 2.05) is 65.6 Å². The number of aliphatic hydroxyl groups is 1. The maximum atomic E-state index is 12.4. The van der Waals surface area contributed by atoms with Crippen LogP contribution in [-0.2, 0) is 22.6 Å². The van der Waals surface area contributed by atoms with Crippen LogP contribution in [0.2, 0.25) is 0 Å². The van der Waals surface area contributed by atoms with E-state index in [9.17, 15) is 9.90 Å². The fourth-order valence-electron chi connectivity index (χ4n) is 2.77. The number of esters is 1. The molecule has 0 unspecified atom stereocenters. The summed E-state index contributed by atoms with van der Waals surface area (Å²) >= 11 is 0. The third kappa shape index (κ3) is 5.18. The molecule has 0 aliphatic rings. The highest BCUT2D eigenvalue weighted by molar-refractivity contribution is 5.76. The zero-order chi connectivity index (χ0) is 17.4. The second kappa shape index (κ2) is 9.21. The van der Waals surface area contributed by atoms with Gasteiger partial charge in [0, 0.05) is 13.1 Å². The van der Waals surface area contributed by atoms with Crippen molar-refractivity contribution in [3.8, 4) is 0 Å². The van der Waals surface area contributed by atoms with Gasteiger partial charge in [-0.05, 0) is 25.0 Å². The Morgan fingerprint density at radius 1 is 1.00 bits per heavy atom. The minimum absolute atomic E-state index is 0.298. The molecule has 1 N–H and O–H groups in total. The molecule has 4 nitrogen and oxygen atoms in total. The van der Waals surface area contributed by atoms with Crippen LogP contribution in [0.5, 0.6) is 0 Å². The number of benzene rings is 2. The summed E-state index contributed by atoms with van der Waals surface area (Å²) in [6, 6.07) is 19.2. The summed E-state index contributed by atoms with van der Waals surface area (Å²) in [4.78, 5) is 14.3. The number of nitrogens with zero attached hydrogens (tertiary/aromatic N) is 1. The maximum Gasteiger partial charge on any atom is 0.326 e. The van der Waals surface area contributed by atoms with E-state index in [1.165, 1.54) is 0 Å². The van der Waals surface area contributed by atoms with Gasteiger partial charge in [0.15, 0.2) is 0 Å². The molecule has 128 valence electrons. The van der Waals surface area contributed by atoms with Crippen molar-refractivity contribution in [2.75, 3.05) is 6.61 Å². The zero-order valence-electron chi connectivity index (χ0n) is 14.3. The van der Waals surface area contributed by atoms with Gasteiger partial charge in [-0.25, -0.2) is 0 Å². The van der Waals surface area contributed by atoms with Crippen LogP contribution in [0.3, 0.4) is 0 Å². The predicted molar refractivity (Wildman–Crippen MR) is 94.2 cm³/mol. The standard InChI is InChI=1S/C20H25NO3/c1-3-24-20(23)19(16(2)22)21(14-17-10-6-4-7-11-17)15-18-12-8-5-9-13-18/h4-13,16,19,22H,3,14-15H2,1-2H3/t16-,19-/m1/s1. The predicted octanol–water partition coefficient (Wildman–Crippen LogP) is 3.00. The molecule has 0 aromatic heterocycles. The molecule has 0 heterocycles. The largest absolute Gasteiger partial charge is 0.465 e. The highest BCUT2D eigenvalue weighted by Gasteiger charge is 2.31. The van der Waals surface area contributed by atoms with Gasteiger partial charge in [0.25, 0.3) is 0 Å². The molecule has 0 saturated heterocycles. The van der Waals surface area contributed by atoms with E-state index in [0.29, 0.717) is 19.7 Å². The average molecular weight is 327 g/mol. The Labute approximate surface area is 143 Å². The number of hydrogen-bond acceptors (Lipinski definition) is 4. The van der Waals surface area contributed by atoms with Crippen LogP contribution >= 0.6 is 0 Å². The fraction of sp³-hybridized carbons (Fsp3) is 0.350. The van der Waals surface area contributed by atoms with Gasteiger partial charge in [-0.2, -0.15) is 0 Å². The van der Waals surface area contributed by atoms with Crippen LogP contribution in [0.25, 0.3) is 0 Å². The van der Waals surface area contributed by atoms with Crippen LogP contribution in [0.15, 0.2) is 60.7 Å². The summed E-state index contributed by atoms with van der Waals surface area (Å²) in [5, 5.41) is 10.2. The second-order valence-corrected chi connectivity index (χ2v) is 5.81. The van der Waals surface area contributed by atoms with E-state index >= 15 is 0 Å². The van der Waals surface area contributed by atoms with E-state index in [1.54, 1.807) is 13.8 Å². The first kappa shape index (κ1) is 18.2. The molecule has 0 amide bonds. The quantitative estimate of drug-likeness (QED) is 0.757. The molecule has 0 aliphatic carbocycles. The molecule has 24 heavy (non-hydrogen) atoms. The minimum Gasteiger partial charge on any atom is -0.465 e. The van der Waals surface area contributed by atoms with Crippen LogP contribution in [0.1, 0.15) is 25.0 Å². The summed E-state index contributed by atoms with van der Waals surface area (Å²) in [5.41, 5.74) is 2.17. The zero-order valence-corrected chi connectivity index (χ0v) is 14.3. The molecule has 2 atom stereocenters. The fourth-order valence-corrected chi connectivity index (χ4v) is 2.77. The van der Waals surface area contributed by atoms with Gasteiger partial charge in [0.1, 0.15) is 6.04 Å². The molecular weight excluding hydrogens is 302 g/mol. The third-order valence-electron chi connectivity index (χ3n) is 3.84. The van der Waals surface area contributed by atoms with E-state index in [0.717, 1.165) is 11.1 Å². The molecule has 2 aromatic rings. The minimum atomic E-state index is -0.823. The molecule has 0 saturated carbocycles. The smallest absolute Gasteiger partial charge is 0.326 e. The monoisotopic (exact) mass is 327 g/mol. The van der Waals surface area contributed by atoms with Crippen LogP contribution < -0.4 is 0 Å². The third-order valence-corrected chi connectivity index (χ3v) is 3.84. The van der Waals surface area contributed by atoms with E-state index in [4.69, 9.17) is 4.74 Å². The number of rotatable bonds is 8. The Kier molecular flexibility index (Phi) is 6.97. The van der Waals surface area contributed by atoms with Crippen molar-refractivity contribution in [3.05, 3.63) is 71.8 Å². The van der Waals surface area contributed by atoms with E-state index in [2.05, 4.69) is 0 Å². The van der Waals surface area contributed by atoms with E-state index < -0.39 is 12.1 Å². The van der Waals surface area contributed by atoms with Gasteiger partial charge < -0.3 is 9.84 Å². The Bertz CT molecular complexity index is 572. The topological polar surface area (TPSA) is 49.8 Å². The van der Waals surface area contributed by atoms with Crippen molar-refractivity contribution >= 4 is 5.97 Å². The lowest BCUT2D eigenvalue weighted by Gasteiger charge is -2.32. The van der Waals surface area contributed by atoms with Crippen LogP contribution in [0, 0.1) is 0 Å². The van der Waals surface area contributed by atoms with Crippen molar-refractivity contribution < 1.29 is 14.6 Å². The Hall–Kier alpha value is -2.17. The molecule has 4 heteroatoms. The number of aliphatic hydroxyl groups excluding tert-OH is 1.